The fraction of sp³-hybridized carbons (Fsp3) is 0. The lowest BCUT2D eigenvalue weighted by Crippen LogP contribution is -1.85. The van der Waals surface area contributed by atoms with Gasteiger partial charge in [-0.1, -0.05) is 11.6 Å². The summed E-state index contributed by atoms with van der Waals surface area (Å²) >= 11 is 7.22. The molecule has 0 amide bonds. The molecule has 6 heteroatoms. The lowest BCUT2D eigenvalue weighted by molar-refractivity contribution is -0.131. The van der Waals surface area contributed by atoms with Gasteiger partial charge in [-0.05, 0) is 18.2 Å². The topological polar surface area (TPSA) is 66.0 Å². The van der Waals surface area contributed by atoms with Crippen LogP contribution in [0.15, 0.2) is 24.4 Å². The summed E-state index contributed by atoms with van der Waals surface area (Å²) in [5.41, 5.74) is 1.43. The highest BCUT2D eigenvalue weighted by atomic mass is 35.5. The molecular weight excluding hydrogens is 248 g/mol. The van der Waals surface area contributed by atoms with Crippen LogP contribution in [0, 0.1) is 0 Å². The van der Waals surface area contributed by atoms with Gasteiger partial charge < -0.3 is 5.11 Å². The van der Waals surface area contributed by atoms with Gasteiger partial charge in [0.05, 0.1) is 9.21 Å². The van der Waals surface area contributed by atoms with E-state index in [-0.39, 0.29) is 0 Å². The minimum Gasteiger partial charge on any atom is -0.478 e. The molecule has 0 radical (unpaired) electrons. The van der Waals surface area contributed by atoms with Gasteiger partial charge in [0.1, 0.15) is 5.69 Å². The van der Waals surface area contributed by atoms with E-state index < -0.39 is 5.97 Å². The zero-order valence-corrected chi connectivity index (χ0v) is 9.55. The Hall–Kier alpha value is -1.59. The Kier molecular flexibility index (Phi) is 3.07. The third kappa shape index (κ3) is 2.32. The molecule has 0 unspecified atom stereocenters. The van der Waals surface area contributed by atoms with Crippen molar-refractivity contribution in [3.63, 3.8) is 0 Å². The molecule has 4 nitrogen and oxygen atoms in total. The zero-order chi connectivity index (χ0) is 11.5. The number of aromatic amines is 1. The van der Waals surface area contributed by atoms with Gasteiger partial charge in [-0.25, -0.2) is 4.79 Å². The number of nitrogens with one attached hydrogen (secondary N) is 1. The molecule has 0 fully saturated rings. The molecule has 0 aliphatic heterocycles. The van der Waals surface area contributed by atoms with Crippen LogP contribution in [0.3, 0.4) is 0 Å². The highest BCUT2D eigenvalue weighted by molar-refractivity contribution is 7.19. The van der Waals surface area contributed by atoms with E-state index >= 15 is 0 Å². The second kappa shape index (κ2) is 4.51. The van der Waals surface area contributed by atoms with Crippen LogP contribution in [-0.2, 0) is 4.79 Å². The van der Waals surface area contributed by atoms with Crippen molar-refractivity contribution in [2.24, 2.45) is 0 Å². The fourth-order valence-electron chi connectivity index (χ4n) is 1.23. The quantitative estimate of drug-likeness (QED) is 0.828. The molecule has 16 heavy (non-hydrogen) atoms. The lowest BCUT2D eigenvalue weighted by atomic mass is 10.2. The summed E-state index contributed by atoms with van der Waals surface area (Å²) in [6.07, 6.45) is 4.21. The summed E-state index contributed by atoms with van der Waals surface area (Å²) in [6, 6.07) is 3.63. The van der Waals surface area contributed by atoms with Crippen molar-refractivity contribution in [3.05, 3.63) is 34.3 Å². The van der Waals surface area contributed by atoms with E-state index in [1.807, 2.05) is 6.07 Å². The molecule has 2 aromatic heterocycles. The Morgan fingerprint density at radius 3 is 3.00 bits per heavy atom. The monoisotopic (exact) mass is 254 g/mol. The Labute approximate surface area is 100 Å². The van der Waals surface area contributed by atoms with Gasteiger partial charge in [0.25, 0.3) is 0 Å². The molecule has 0 saturated carbocycles. The molecule has 2 rings (SSSR count). The number of carboxylic acids is 1. The second-order valence-electron chi connectivity index (χ2n) is 2.96. The van der Waals surface area contributed by atoms with Crippen molar-refractivity contribution in [3.8, 4) is 10.6 Å². The first-order chi connectivity index (χ1) is 7.66. The molecule has 2 aromatic rings. The summed E-state index contributed by atoms with van der Waals surface area (Å²) in [7, 11) is 0. The van der Waals surface area contributed by atoms with Crippen molar-refractivity contribution in [2.75, 3.05) is 0 Å². The maximum atomic E-state index is 10.4. The molecule has 0 aliphatic rings. The van der Waals surface area contributed by atoms with Crippen LogP contribution in [0.2, 0.25) is 4.34 Å². The van der Waals surface area contributed by atoms with E-state index in [0.29, 0.717) is 10.0 Å². The first-order valence-electron chi connectivity index (χ1n) is 4.37. The summed E-state index contributed by atoms with van der Waals surface area (Å²) in [4.78, 5) is 11.3. The number of hydrogen-bond donors (Lipinski definition) is 2. The van der Waals surface area contributed by atoms with Gasteiger partial charge in [0, 0.05) is 17.8 Å². The van der Waals surface area contributed by atoms with Crippen molar-refractivity contribution >= 4 is 35.0 Å². The van der Waals surface area contributed by atoms with Crippen LogP contribution >= 0.6 is 22.9 Å². The van der Waals surface area contributed by atoms with Crippen molar-refractivity contribution in [1.82, 2.24) is 10.2 Å². The molecule has 82 valence electrons. The normalized spacial score (nSPS) is 11.1. The number of aromatic nitrogens is 2. The standard InChI is InChI=1S/C10H7ClN2O2S/c11-8-3-2-7(16-8)10-6(5-12-13-10)1-4-9(14)15/h1-5H,(H,12,13)(H,14,15)/b4-1+. The SMILES string of the molecule is O=C(O)/C=C/c1c[nH]nc1-c1ccc(Cl)s1. The van der Waals surface area contributed by atoms with E-state index in [4.69, 9.17) is 16.7 Å². The average Bonchev–Trinajstić information content (AvgIpc) is 2.82. The van der Waals surface area contributed by atoms with Gasteiger partial charge in [-0.3, -0.25) is 5.10 Å². The number of carbonyl (C=O) groups is 1. The molecular formula is C10H7ClN2O2S. The third-order valence-electron chi connectivity index (χ3n) is 1.88. The van der Waals surface area contributed by atoms with E-state index in [2.05, 4.69) is 10.2 Å². The highest BCUT2D eigenvalue weighted by Crippen LogP contribution is 2.31. The van der Waals surface area contributed by atoms with Gasteiger partial charge in [-0.2, -0.15) is 5.10 Å². The molecule has 2 N–H and O–H groups in total. The predicted molar refractivity (Wildman–Crippen MR) is 63.6 cm³/mol. The first kappa shape index (κ1) is 10.9. The largest absolute Gasteiger partial charge is 0.478 e. The Morgan fingerprint density at radius 1 is 1.56 bits per heavy atom. The minimum absolute atomic E-state index is 0.672. The Bertz CT molecular complexity index is 545. The number of hydrogen-bond acceptors (Lipinski definition) is 3. The van der Waals surface area contributed by atoms with Gasteiger partial charge >= 0.3 is 5.97 Å². The average molecular weight is 255 g/mol. The maximum Gasteiger partial charge on any atom is 0.328 e. The lowest BCUT2D eigenvalue weighted by Gasteiger charge is -1.92. The smallest absolute Gasteiger partial charge is 0.328 e. The number of thiophene rings is 1. The number of carboxylic acid groups (broad SMARTS) is 1. The van der Waals surface area contributed by atoms with Crippen LogP contribution in [0.1, 0.15) is 5.56 Å². The third-order valence-corrected chi connectivity index (χ3v) is 3.12. The van der Waals surface area contributed by atoms with Crippen molar-refractivity contribution in [1.29, 1.82) is 0 Å². The van der Waals surface area contributed by atoms with Crippen molar-refractivity contribution < 1.29 is 9.90 Å². The molecule has 0 bridgehead atoms. The molecule has 0 spiro atoms. The Balaban J connectivity index is 2.36. The van der Waals surface area contributed by atoms with Gasteiger partial charge in [0.15, 0.2) is 0 Å². The molecule has 0 saturated heterocycles. The first-order valence-corrected chi connectivity index (χ1v) is 5.57. The summed E-state index contributed by atoms with van der Waals surface area (Å²) < 4.78 is 0.672. The number of H-pyrrole nitrogens is 1. The van der Waals surface area contributed by atoms with Crippen molar-refractivity contribution in [2.45, 2.75) is 0 Å². The number of aliphatic carboxylic acids is 1. The zero-order valence-electron chi connectivity index (χ0n) is 7.98. The minimum atomic E-state index is -0.989. The summed E-state index contributed by atoms with van der Waals surface area (Å²) in [5.74, 6) is -0.989. The van der Waals surface area contributed by atoms with E-state index in [0.717, 1.165) is 16.5 Å². The molecule has 0 aliphatic carbocycles. The van der Waals surface area contributed by atoms with Crippen LogP contribution in [0.4, 0.5) is 0 Å². The Morgan fingerprint density at radius 2 is 2.38 bits per heavy atom. The van der Waals surface area contributed by atoms with Crippen LogP contribution in [-0.4, -0.2) is 21.3 Å². The fourth-order valence-corrected chi connectivity index (χ4v) is 2.28. The molecule has 0 atom stereocenters. The second-order valence-corrected chi connectivity index (χ2v) is 4.68. The number of rotatable bonds is 3. The highest BCUT2D eigenvalue weighted by Gasteiger charge is 2.08. The van der Waals surface area contributed by atoms with Gasteiger partial charge in [-0.15, -0.1) is 11.3 Å². The summed E-state index contributed by atoms with van der Waals surface area (Å²) in [5, 5.41) is 15.3. The van der Waals surface area contributed by atoms with E-state index in [1.54, 1.807) is 12.3 Å². The van der Waals surface area contributed by atoms with Crippen LogP contribution in [0.25, 0.3) is 16.6 Å². The molecule has 0 aromatic carbocycles. The number of nitrogens with zero attached hydrogens (tertiary/aromatic N) is 1. The van der Waals surface area contributed by atoms with Crippen LogP contribution in [0.5, 0.6) is 0 Å². The van der Waals surface area contributed by atoms with Crippen LogP contribution < -0.4 is 0 Å². The molecule has 2 heterocycles. The van der Waals surface area contributed by atoms with E-state index in [1.165, 1.54) is 17.4 Å². The summed E-state index contributed by atoms with van der Waals surface area (Å²) in [6.45, 7) is 0. The predicted octanol–water partition coefficient (Wildman–Crippen LogP) is 2.89. The van der Waals surface area contributed by atoms with Gasteiger partial charge in [0.2, 0.25) is 0 Å². The maximum absolute atomic E-state index is 10.4. The van der Waals surface area contributed by atoms with E-state index in [9.17, 15) is 4.79 Å². The number of halogens is 1.